The van der Waals surface area contributed by atoms with E-state index in [1.54, 1.807) is 31.4 Å². The highest BCUT2D eigenvalue weighted by Gasteiger charge is 2.22. The largest absolute Gasteiger partial charge is 0.462 e. The SMILES string of the molecule is C=CCn1c(SCC(=O)Nc2c(C(=O)OCC)cnn2-c2ccccc2)nnc1-c1ccco1. The Morgan fingerprint density at radius 2 is 2.03 bits per heavy atom. The van der Waals surface area contributed by atoms with Crippen molar-refractivity contribution >= 4 is 29.5 Å². The van der Waals surface area contributed by atoms with Gasteiger partial charge >= 0.3 is 5.97 Å². The number of ether oxygens (including phenoxy) is 1. The van der Waals surface area contributed by atoms with Gasteiger partial charge in [0, 0.05) is 6.54 Å². The van der Waals surface area contributed by atoms with E-state index in [9.17, 15) is 9.59 Å². The van der Waals surface area contributed by atoms with Crippen molar-refractivity contribution < 1.29 is 18.7 Å². The van der Waals surface area contributed by atoms with Gasteiger partial charge < -0.3 is 14.5 Å². The summed E-state index contributed by atoms with van der Waals surface area (Å²) >= 11 is 1.20. The number of allylic oxidation sites excluding steroid dienone is 1. The molecule has 174 valence electrons. The highest BCUT2D eigenvalue weighted by molar-refractivity contribution is 7.99. The molecule has 3 heterocycles. The number of rotatable bonds is 10. The molecule has 0 spiro atoms. The van der Waals surface area contributed by atoms with Gasteiger partial charge in [-0.25, -0.2) is 9.48 Å². The summed E-state index contributed by atoms with van der Waals surface area (Å²) < 4.78 is 13.8. The molecule has 0 fully saturated rings. The van der Waals surface area contributed by atoms with E-state index in [0.29, 0.717) is 29.0 Å². The molecule has 0 saturated heterocycles. The van der Waals surface area contributed by atoms with Crippen LogP contribution in [0.15, 0.2) is 77.2 Å². The molecule has 0 saturated carbocycles. The molecule has 4 aromatic rings. The second kappa shape index (κ2) is 10.7. The van der Waals surface area contributed by atoms with Gasteiger partial charge in [-0.05, 0) is 31.2 Å². The Balaban J connectivity index is 1.54. The monoisotopic (exact) mass is 478 g/mol. The van der Waals surface area contributed by atoms with Crippen molar-refractivity contribution in [3.63, 3.8) is 0 Å². The molecule has 1 N–H and O–H groups in total. The van der Waals surface area contributed by atoms with Crippen LogP contribution in [-0.4, -0.2) is 48.8 Å². The van der Waals surface area contributed by atoms with Gasteiger partial charge in [-0.15, -0.1) is 16.8 Å². The number of thioether (sulfide) groups is 1. The summed E-state index contributed by atoms with van der Waals surface area (Å²) in [5, 5.41) is 16.0. The second-order valence-electron chi connectivity index (χ2n) is 6.89. The number of aromatic nitrogens is 5. The Morgan fingerprint density at radius 1 is 1.21 bits per heavy atom. The van der Waals surface area contributed by atoms with Gasteiger partial charge in [-0.1, -0.05) is 36.0 Å². The molecule has 0 aliphatic heterocycles. The van der Waals surface area contributed by atoms with E-state index in [4.69, 9.17) is 9.15 Å². The molecule has 0 bridgehead atoms. The van der Waals surface area contributed by atoms with Crippen LogP contribution < -0.4 is 5.32 Å². The Morgan fingerprint density at radius 3 is 2.74 bits per heavy atom. The average Bonchev–Trinajstić information content (AvgIpc) is 3.59. The van der Waals surface area contributed by atoms with Gasteiger partial charge in [0.2, 0.25) is 11.7 Å². The molecule has 0 radical (unpaired) electrons. The summed E-state index contributed by atoms with van der Waals surface area (Å²) in [5.41, 5.74) is 0.855. The van der Waals surface area contributed by atoms with E-state index in [-0.39, 0.29) is 29.6 Å². The summed E-state index contributed by atoms with van der Waals surface area (Å²) in [7, 11) is 0. The number of hydrogen-bond donors (Lipinski definition) is 1. The number of nitrogens with zero attached hydrogens (tertiary/aromatic N) is 5. The highest BCUT2D eigenvalue weighted by atomic mass is 32.2. The Kier molecular flexibility index (Phi) is 7.23. The lowest BCUT2D eigenvalue weighted by molar-refractivity contribution is -0.113. The van der Waals surface area contributed by atoms with Crippen molar-refractivity contribution in [2.45, 2.75) is 18.6 Å². The van der Waals surface area contributed by atoms with Crippen LogP contribution in [0, 0.1) is 0 Å². The smallest absolute Gasteiger partial charge is 0.343 e. The van der Waals surface area contributed by atoms with E-state index >= 15 is 0 Å². The number of furan rings is 1. The number of benzene rings is 1. The van der Waals surface area contributed by atoms with Crippen molar-refractivity contribution in [1.82, 2.24) is 24.5 Å². The average molecular weight is 479 g/mol. The molecule has 1 amide bonds. The maximum atomic E-state index is 12.9. The Bertz CT molecular complexity index is 1280. The Labute approximate surface area is 199 Å². The highest BCUT2D eigenvalue weighted by Crippen LogP contribution is 2.26. The first kappa shape index (κ1) is 23.1. The predicted molar refractivity (Wildman–Crippen MR) is 127 cm³/mol. The van der Waals surface area contributed by atoms with E-state index in [0.717, 1.165) is 0 Å². The first-order valence-electron chi connectivity index (χ1n) is 10.4. The van der Waals surface area contributed by atoms with E-state index in [1.165, 1.54) is 22.6 Å². The van der Waals surface area contributed by atoms with Crippen LogP contribution in [0.3, 0.4) is 0 Å². The first-order chi connectivity index (χ1) is 16.6. The van der Waals surface area contributed by atoms with Crippen molar-refractivity contribution in [3.8, 4) is 17.3 Å². The first-order valence-corrected chi connectivity index (χ1v) is 11.4. The van der Waals surface area contributed by atoms with Gasteiger partial charge in [-0.3, -0.25) is 9.36 Å². The summed E-state index contributed by atoms with van der Waals surface area (Å²) in [5.74, 6) is 0.452. The van der Waals surface area contributed by atoms with Crippen LogP contribution in [0.25, 0.3) is 17.3 Å². The fraction of sp³-hybridized carbons (Fsp3) is 0.174. The quantitative estimate of drug-likeness (QED) is 0.208. The molecular formula is C23H22N6O4S. The summed E-state index contributed by atoms with van der Waals surface area (Å²) in [6, 6.07) is 12.7. The van der Waals surface area contributed by atoms with Gasteiger partial charge in [0.05, 0.1) is 30.5 Å². The van der Waals surface area contributed by atoms with Crippen LogP contribution in [0.2, 0.25) is 0 Å². The lowest BCUT2D eigenvalue weighted by atomic mass is 10.3. The zero-order valence-electron chi connectivity index (χ0n) is 18.4. The van der Waals surface area contributed by atoms with E-state index in [1.807, 2.05) is 34.9 Å². The fourth-order valence-electron chi connectivity index (χ4n) is 3.17. The number of para-hydroxylation sites is 1. The molecule has 4 rings (SSSR count). The normalized spacial score (nSPS) is 10.7. The maximum Gasteiger partial charge on any atom is 0.343 e. The molecular weight excluding hydrogens is 456 g/mol. The number of carbonyl (C=O) groups is 2. The van der Waals surface area contributed by atoms with Gasteiger partial charge in [0.25, 0.3) is 0 Å². The topological polar surface area (TPSA) is 117 Å². The van der Waals surface area contributed by atoms with Crippen molar-refractivity contribution in [2.75, 3.05) is 17.7 Å². The van der Waals surface area contributed by atoms with E-state index in [2.05, 4.69) is 27.2 Å². The molecule has 0 atom stereocenters. The molecule has 0 aliphatic rings. The number of amides is 1. The maximum absolute atomic E-state index is 12.9. The van der Waals surface area contributed by atoms with Crippen molar-refractivity contribution in [2.24, 2.45) is 0 Å². The number of anilines is 1. The lowest BCUT2D eigenvalue weighted by Crippen LogP contribution is -2.20. The number of esters is 1. The van der Waals surface area contributed by atoms with Crippen LogP contribution >= 0.6 is 11.8 Å². The van der Waals surface area contributed by atoms with Crippen LogP contribution in [-0.2, 0) is 16.1 Å². The molecule has 11 heteroatoms. The standard InChI is InChI=1S/C23H22N6O4S/c1-3-12-28-21(18-11-8-13-33-18)26-27-23(28)34-15-19(30)25-20-17(22(31)32-4-2)14-24-29(20)16-9-6-5-7-10-16/h3,5-11,13-14H,1,4,12,15H2,2H3,(H,25,30). The lowest BCUT2D eigenvalue weighted by Gasteiger charge is -2.11. The van der Waals surface area contributed by atoms with Crippen molar-refractivity contribution in [3.05, 3.63) is 73.1 Å². The van der Waals surface area contributed by atoms with Gasteiger partial charge in [0.1, 0.15) is 5.56 Å². The number of hydrogen-bond acceptors (Lipinski definition) is 8. The zero-order valence-corrected chi connectivity index (χ0v) is 19.2. The predicted octanol–water partition coefficient (Wildman–Crippen LogP) is 3.82. The van der Waals surface area contributed by atoms with Crippen LogP contribution in [0.4, 0.5) is 5.82 Å². The summed E-state index contributed by atoms with van der Waals surface area (Å²) in [6.45, 7) is 6.14. The number of carbonyl (C=O) groups excluding carboxylic acids is 2. The summed E-state index contributed by atoms with van der Waals surface area (Å²) in [4.78, 5) is 25.3. The number of nitrogens with one attached hydrogen (secondary N) is 1. The molecule has 3 aromatic heterocycles. The molecule has 0 aliphatic carbocycles. The van der Waals surface area contributed by atoms with Gasteiger partial charge in [0.15, 0.2) is 16.7 Å². The summed E-state index contributed by atoms with van der Waals surface area (Å²) in [6.07, 6.45) is 4.65. The minimum atomic E-state index is -0.568. The van der Waals surface area contributed by atoms with Crippen LogP contribution in [0.1, 0.15) is 17.3 Å². The minimum Gasteiger partial charge on any atom is -0.462 e. The minimum absolute atomic E-state index is 0.0235. The van der Waals surface area contributed by atoms with Crippen molar-refractivity contribution in [1.29, 1.82) is 0 Å². The molecule has 0 unspecified atom stereocenters. The van der Waals surface area contributed by atoms with E-state index < -0.39 is 5.97 Å². The molecule has 34 heavy (non-hydrogen) atoms. The third-order valence-corrected chi connectivity index (χ3v) is 5.59. The zero-order chi connectivity index (χ0) is 23.9. The van der Waals surface area contributed by atoms with Gasteiger partial charge in [-0.2, -0.15) is 5.10 Å². The fourth-order valence-corrected chi connectivity index (χ4v) is 3.92. The molecule has 1 aromatic carbocycles. The van der Waals surface area contributed by atoms with Crippen LogP contribution in [0.5, 0.6) is 0 Å². The second-order valence-corrected chi connectivity index (χ2v) is 7.84. The molecule has 10 nitrogen and oxygen atoms in total. The Hall–Kier alpha value is -4.12. The third kappa shape index (κ3) is 4.94. The third-order valence-electron chi connectivity index (χ3n) is 4.63.